The van der Waals surface area contributed by atoms with Gasteiger partial charge in [-0.1, -0.05) is 12.1 Å². The van der Waals surface area contributed by atoms with E-state index in [2.05, 4.69) is 12.4 Å². The highest BCUT2D eigenvalue weighted by molar-refractivity contribution is 7.87. The molecule has 4 aromatic carbocycles. The number of methoxy groups -OCH3 is 4. The molecule has 1 unspecified atom stereocenters. The summed E-state index contributed by atoms with van der Waals surface area (Å²) in [6, 6.07) is 19.8. The Morgan fingerprint density at radius 2 is 1.41 bits per heavy atom. The summed E-state index contributed by atoms with van der Waals surface area (Å²) < 4.78 is 84.8. The average molecular weight is 877 g/mol. The number of urea groups is 1. The highest BCUT2D eigenvalue weighted by atomic mass is 32.2. The number of hydrogen-bond acceptors (Lipinski definition) is 13. The summed E-state index contributed by atoms with van der Waals surface area (Å²) in [6.07, 6.45) is -3.72. The number of nitrogens with two attached hydrogens (primary N) is 1. The van der Waals surface area contributed by atoms with Gasteiger partial charge in [-0.3, -0.25) is 9.69 Å². The zero-order valence-corrected chi connectivity index (χ0v) is 34.7. The van der Waals surface area contributed by atoms with Gasteiger partial charge in [0.15, 0.2) is 23.0 Å². The number of imide groups is 1. The Balaban J connectivity index is 0.00000107. The van der Waals surface area contributed by atoms with Crippen LogP contribution in [0, 0.1) is 0 Å². The molecule has 0 aliphatic carbocycles. The smallest absolute Gasteiger partial charge is 0.430 e. The Morgan fingerprint density at radius 3 is 1.97 bits per heavy atom. The van der Waals surface area contributed by atoms with Crippen molar-refractivity contribution in [1.29, 1.82) is 0 Å². The van der Waals surface area contributed by atoms with E-state index in [-0.39, 0.29) is 28.6 Å². The number of anilines is 1. The lowest BCUT2D eigenvalue weighted by Crippen LogP contribution is -2.62. The molecule has 0 aromatic heterocycles. The number of alkyl halides is 3. The van der Waals surface area contributed by atoms with E-state index in [1.54, 1.807) is 26.4 Å². The third-order valence-corrected chi connectivity index (χ3v) is 10.9. The van der Waals surface area contributed by atoms with E-state index < -0.39 is 46.3 Å². The van der Waals surface area contributed by atoms with Crippen molar-refractivity contribution in [1.82, 2.24) is 4.90 Å². The minimum Gasteiger partial charge on any atom is -0.542 e. The lowest BCUT2D eigenvalue weighted by atomic mass is 9.98. The number of ether oxygens (including phenoxy) is 4. The van der Waals surface area contributed by atoms with Crippen molar-refractivity contribution in [3.05, 3.63) is 96.1 Å². The Hall–Kier alpha value is -6.25. The van der Waals surface area contributed by atoms with E-state index in [0.29, 0.717) is 46.9 Å². The van der Waals surface area contributed by atoms with E-state index in [9.17, 15) is 36.3 Å². The van der Waals surface area contributed by atoms with Crippen LogP contribution >= 0.6 is 0 Å². The maximum atomic E-state index is 14.2. The molecule has 1 aliphatic heterocycles. The van der Waals surface area contributed by atoms with E-state index in [1.165, 1.54) is 73.7 Å². The number of carbonyl (C=O) groups is 3. The maximum absolute atomic E-state index is 14.2. The van der Waals surface area contributed by atoms with Crippen molar-refractivity contribution in [3.63, 3.8) is 0 Å². The Morgan fingerprint density at radius 1 is 0.869 bits per heavy atom. The number of quaternary nitrogens is 1. The number of likely N-dealkylation sites (tertiary alicyclic amines) is 1. The zero-order valence-electron chi connectivity index (χ0n) is 33.9. The summed E-state index contributed by atoms with van der Waals surface area (Å²) in [5, 5.41) is 21.3. The third kappa shape index (κ3) is 12.9. The van der Waals surface area contributed by atoms with Gasteiger partial charge in [0.1, 0.15) is 35.5 Å². The molecule has 3 amide bonds. The number of nitrogens with zero attached hydrogens (tertiary/aromatic N) is 2. The quantitative estimate of drug-likeness (QED) is 0.120. The largest absolute Gasteiger partial charge is 0.542 e. The molecule has 61 heavy (non-hydrogen) atoms. The minimum absolute atomic E-state index is 0.00199. The molecule has 330 valence electrons. The molecule has 0 saturated carbocycles. The number of phenols is 1. The standard InChI is InChI=1S/C39H46N4O10S.C2HF3O2/c1-43(24-27-10-18-34(49-2)36(22-27)51-4)20-6-7-29(25-43)42(38(45)33(40)21-26-8-13-30(44)14-9-26)39(46)41-28-11-15-31(16-12-28)53-54(47,48)32-17-19-35(50-3)37(23-32)52-5;3-2(4,5)1(6)7/h8-19,22-23,29,33H,6-7,20-21,24-25,40H2,1-5H3,(H-,41,44,46);(H,6,7)/t29-,33-,43?;/m0./s1. The maximum Gasteiger partial charge on any atom is 0.430 e. The van der Waals surface area contributed by atoms with Gasteiger partial charge >= 0.3 is 22.3 Å². The van der Waals surface area contributed by atoms with Gasteiger partial charge in [-0.15, -0.1) is 0 Å². The topological polar surface area (TPSA) is 216 Å². The third-order valence-electron chi connectivity index (χ3n) is 9.62. The van der Waals surface area contributed by atoms with Gasteiger partial charge in [-0.2, -0.15) is 21.6 Å². The second-order valence-electron chi connectivity index (χ2n) is 14.1. The normalized spacial score (nSPS) is 16.8. The van der Waals surface area contributed by atoms with E-state index in [0.717, 1.165) is 24.1 Å². The highest BCUT2D eigenvalue weighted by Crippen LogP contribution is 2.33. The highest BCUT2D eigenvalue weighted by Gasteiger charge is 2.41. The number of phenolic OH excluding ortho intramolecular Hbond substituents is 1. The molecule has 0 bridgehead atoms. The van der Waals surface area contributed by atoms with Crippen molar-refractivity contribution in [2.24, 2.45) is 5.73 Å². The number of rotatable bonds is 14. The Labute approximate surface area is 350 Å². The number of amides is 3. The summed E-state index contributed by atoms with van der Waals surface area (Å²) in [5.41, 5.74) is 8.53. The zero-order chi connectivity index (χ0) is 45.1. The first kappa shape index (κ1) is 47.4. The first-order valence-corrected chi connectivity index (χ1v) is 19.9. The van der Waals surface area contributed by atoms with Gasteiger partial charge < -0.3 is 53.7 Å². The number of aromatic hydroxyl groups is 1. The SMILES string of the molecule is COc1ccc(C[N+]2(C)CCC[C@H](N(C(=O)Nc3ccc(OS(=O)(=O)c4ccc(OC)c(OC)c4)cc3)C(=O)[C@@H](N)Cc3ccc(O)cc3)C2)cc1OC.O=C([O-])C(F)(F)F. The van der Waals surface area contributed by atoms with E-state index in [4.69, 9.17) is 38.8 Å². The van der Waals surface area contributed by atoms with Crippen LogP contribution in [-0.2, 0) is 32.7 Å². The number of benzene rings is 4. The van der Waals surface area contributed by atoms with Crippen LogP contribution in [0.2, 0.25) is 0 Å². The number of likely N-dealkylation sites (N-methyl/N-ethyl adjacent to an activating group) is 1. The molecule has 1 fully saturated rings. The number of carbonyl (C=O) groups excluding carboxylic acids is 3. The predicted octanol–water partition coefficient (Wildman–Crippen LogP) is 4.23. The monoisotopic (exact) mass is 876 g/mol. The van der Waals surface area contributed by atoms with Crippen molar-refractivity contribution in [2.45, 2.75) is 49.0 Å². The van der Waals surface area contributed by atoms with Crippen LogP contribution in [0.1, 0.15) is 24.0 Å². The van der Waals surface area contributed by atoms with E-state index >= 15 is 0 Å². The molecule has 1 aliphatic rings. The summed E-state index contributed by atoms with van der Waals surface area (Å²) in [5.74, 6) is -1.65. The Kier molecular flexibility index (Phi) is 15.8. The lowest BCUT2D eigenvalue weighted by Gasteiger charge is -2.44. The fourth-order valence-corrected chi connectivity index (χ4v) is 7.64. The molecule has 0 spiro atoms. The average Bonchev–Trinajstić information content (AvgIpc) is 3.21. The molecule has 5 rings (SSSR count). The molecule has 1 heterocycles. The second kappa shape index (κ2) is 20.3. The molecule has 3 atom stereocenters. The summed E-state index contributed by atoms with van der Waals surface area (Å²) >= 11 is 0. The van der Waals surface area contributed by atoms with Crippen molar-refractivity contribution in [2.75, 3.05) is 53.9 Å². The lowest BCUT2D eigenvalue weighted by molar-refractivity contribution is -0.928. The van der Waals surface area contributed by atoms with Crippen LogP contribution in [0.5, 0.6) is 34.5 Å². The Bertz CT molecular complexity index is 2260. The van der Waals surface area contributed by atoms with Gasteiger partial charge in [-0.25, -0.2) is 4.79 Å². The molecule has 16 nitrogen and oxygen atoms in total. The number of carboxylic acid groups (broad SMARTS) is 1. The fraction of sp³-hybridized carbons (Fsp3) is 0.341. The number of piperidine rings is 1. The molecular formula is C41H47F3N4O12S. The number of carboxylic acids is 1. The summed E-state index contributed by atoms with van der Waals surface area (Å²) in [4.78, 5) is 38.1. The van der Waals surface area contributed by atoms with Crippen LogP contribution in [0.25, 0.3) is 0 Å². The minimum atomic E-state index is -5.19. The molecule has 1 saturated heterocycles. The molecule has 0 radical (unpaired) electrons. The van der Waals surface area contributed by atoms with Crippen LogP contribution < -0.4 is 39.3 Å². The number of aliphatic carboxylic acids is 1. The van der Waals surface area contributed by atoms with Gasteiger partial charge in [0.25, 0.3) is 0 Å². The van der Waals surface area contributed by atoms with Crippen molar-refractivity contribution in [3.8, 4) is 34.5 Å². The predicted molar refractivity (Wildman–Crippen MR) is 213 cm³/mol. The van der Waals surface area contributed by atoms with Gasteiger partial charge in [0.05, 0.1) is 54.1 Å². The first-order valence-electron chi connectivity index (χ1n) is 18.5. The summed E-state index contributed by atoms with van der Waals surface area (Å²) in [6.45, 7) is 1.91. The second-order valence-corrected chi connectivity index (χ2v) is 15.7. The summed E-state index contributed by atoms with van der Waals surface area (Å²) in [7, 11) is 3.85. The molecule has 20 heteroatoms. The van der Waals surface area contributed by atoms with Gasteiger partial charge in [-0.05, 0) is 91.6 Å². The van der Waals surface area contributed by atoms with Crippen LogP contribution in [0.15, 0.2) is 89.8 Å². The molecule has 4 N–H and O–H groups in total. The van der Waals surface area contributed by atoms with Gasteiger partial charge in [0.2, 0.25) is 5.91 Å². The van der Waals surface area contributed by atoms with Gasteiger partial charge in [0, 0.05) is 17.3 Å². The van der Waals surface area contributed by atoms with Crippen LogP contribution in [-0.4, -0.2) is 108 Å². The molecular weight excluding hydrogens is 830 g/mol. The van der Waals surface area contributed by atoms with Crippen molar-refractivity contribution < 1.29 is 73.8 Å². The van der Waals surface area contributed by atoms with Crippen LogP contribution in [0.4, 0.5) is 23.7 Å². The number of halogens is 3. The van der Waals surface area contributed by atoms with Crippen LogP contribution in [0.3, 0.4) is 0 Å². The fourth-order valence-electron chi connectivity index (χ4n) is 6.70. The van der Waals surface area contributed by atoms with E-state index in [1.807, 2.05) is 18.2 Å². The molecule has 4 aromatic rings. The number of hydrogen-bond donors (Lipinski definition) is 3. The number of nitrogens with one attached hydrogen (secondary N) is 1. The first-order chi connectivity index (χ1) is 28.7. The van der Waals surface area contributed by atoms with Crippen molar-refractivity contribution >= 4 is 33.7 Å².